The quantitative estimate of drug-likeness (QED) is 0.621. The fraction of sp³-hybridized carbons (Fsp3) is 0.875. The lowest BCUT2D eigenvalue weighted by molar-refractivity contribution is 0.154. The maximum atomic E-state index is 10.9. The van der Waals surface area contributed by atoms with Crippen LogP contribution in [0.2, 0.25) is 0 Å². The van der Waals surface area contributed by atoms with Crippen LogP contribution in [0.15, 0.2) is 0 Å². The molecule has 1 aliphatic rings. The maximum absolute atomic E-state index is 10.9. The van der Waals surface area contributed by atoms with Gasteiger partial charge in [0.05, 0.1) is 6.54 Å². The molecular formula is C8H15NO2. The highest BCUT2D eigenvalue weighted by Crippen LogP contribution is 2.09. The number of cyclic esters (lactones) is 1. The molecule has 1 atom stereocenters. The number of nitrogens with zero attached hydrogens (tertiary/aromatic N) is 1. The van der Waals surface area contributed by atoms with Gasteiger partial charge in [0, 0.05) is 6.54 Å². The molecule has 3 nitrogen and oxygen atoms in total. The van der Waals surface area contributed by atoms with Gasteiger partial charge in [-0.1, -0.05) is 20.3 Å². The summed E-state index contributed by atoms with van der Waals surface area (Å²) in [5, 5.41) is 0. The number of hydrogen-bond acceptors (Lipinski definition) is 2. The molecule has 1 heterocycles. The molecule has 0 unspecified atom stereocenters. The van der Waals surface area contributed by atoms with Gasteiger partial charge in [-0.25, -0.2) is 4.79 Å². The van der Waals surface area contributed by atoms with Crippen LogP contribution in [0.1, 0.15) is 20.3 Å². The Hall–Kier alpha value is -0.730. The van der Waals surface area contributed by atoms with Crippen LogP contribution in [0, 0.1) is 5.92 Å². The molecule has 0 spiro atoms. The standard InChI is InChI=1S/C8H15NO2/c1-3-7(2)6-9-4-5-11-8(9)10/h7H,3-6H2,1-2H3/t7-/m1/s1. The third-order valence-electron chi connectivity index (χ3n) is 2.07. The van der Waals surface area contributed by atoms with Gasteiger partial charge in [0.25, 0.3) is 0 Å². The zero-order chi connectivity index (χ0) is 8.27. The Labute approximate surface area is 67.3 Å². The van der Waals surface area contributed by atoms with Gasteiger partial charge < -0.3 is 9.64 Å². The molecule has 0 radical (unpaired) electrons. The Bertz CT molecular complexity index is 147. The van der Waals surface area contributed by atoms with Crippen molar-refractivity contribution in [2.45, 2.75) is 20.3 Å². The summed E-state index contributed by atoms with van der Waals surface area (Å²) in [5.41, 5.74) is 0. The molecule has 11 heavy (non-hydrogen) atoms. The number of carbonyl (C=O) groups is 1. The molecule has 3 heteroatoms. The van der Waals surface area contributed by atoms with Crippen LogP contribution in [-0.4, -0.2) is 30.7 Å². The lowest BCUT2D eigenvalue weighted by atomic mass is 10.1. The van der Waals surface area contributed by atoms with Crippen LogP contribution >= 0.6 is 0 Å². The number of hydrogen-bond donors (Lipinski definition) is 0. The molecule has 0 N–H and O–H groups in total. The Morgan fingerprint density at radius 1 is 1.73 bits per heavy atom. The van der Waals surface area contributed by atoms with Gasteiger partial charge in [-0.3, -0.25) is 0 Å². The Kier molecular flexibility index (Phi) is 2.74. The fourth-order valence-corrected chi connectivity index (χ4v) is 1.10. The van der Waals surface area contributed by atoms with Gasteiger partial charge in [-0.2, -0.15) is 0 Å². The zero-order valence-electron chi connectivity index (χ0n) is 7.17. The topological polar surface area (TPSA) is 29.5 Å². The molecule has 0 bridgehead atoms. The predicted octanol–water partition coefficient (Wildman–Crippen LogP) is 1.48. The highest BCUT2D eigenvalue weighted by molar-refractivity contribution is 5.69. The van der Waals surface area contributed by atoms with E-state index in [1.165, 1.54) is 0 Å². The largest absolute Gasteiger partial charge is 0.448 e. The van der Waals surface area contributed by atoms with Crippen LogP contribution in [0.25, 0.3) is 0 Å². The van der Waals surface area contributed by atoms with E-state index in [-0.39, 0.29) is 6.09 Å². The molecular weight excluding hydrogens is 142 g/mol. The molecule has 1 rings (SSSR count). The molecule has 64 valence electrons. The summed E-state index contributed by atoms with van der Waals surface area (Å²) in [7, 11) is 0. The Morgan fingerprint density at radius 2 is 2.45 bits per heavy atom. The third kappa shape index (κ3) is 2.10. The monoisotopic (exact) mass is 157 g/mol. The SMILES string of the molecule is CC[C@@H](C)CN1CCOC1=O. The first-order chi connectivity index (χ1) is 5.24. The van der Waals surface area contributed by atoms with Gasteiger partial charge in [-0.05, 0) is 5.92 Å². The van der Waals surface area contributed by atoms with Crippen molar-refractivity contribution in [3.63, 3.8) is 0 Å². The molecule has 1 aliphatic heterocycles. The van der Waals surface area contributed by atoms with Crippen molar-refractivity contribution in [3.05, 3.63) is 0 Å². The summed E-state index contributed by atoms with van der Waals surface area (Å²) in [6, 6.07) is 0. The first-order valence-corrected chi connectivity index (χ1v) is 4.15. The minimum Gasteiger partial charge on any atom is -0.448 e. The van der Waals surface area contributed by atoms with Crippen molar-refractivity contribution < 1.29 is 9.53 Å². The van der Waals surface area contributed by atoms with Gasteiger partial charge in [0.15, 0.2) is 0 Å². The molecule has 0 aromatic rings. The van der Waals surface area contributed by atoms with E-state index in [1.54, 1.807) is 4.90 Å². The van der Waals surface area contributed by atoms with E-state index in [9.17, 15) is 4.79 Å². The number of carbonyl (C=O) groups excluding carboxylic acids is 1. The molecule has 1 fully saturated rings. The summed E-state index contributed by atoms with van der Waals surface area (Å²) in [6.07, 6.45) is 0.967. The van der Waals surface area contributed by atoms with Gasteiger partial charge in [-0.15, -0.1) is 0 Å². The average molecular weight is 157 g/mol. The second kappa shape index (κ2) is 3.60. The molecule has 0 aromatic carbocycles. The van der Waals surface area contributed by atoms with Crippen LogP contribution in [-0.2, 0) is 4.74 Å². The van der Waals surface area contributed by atoms with E-state index >= 15 is 0 Å². The lowest BCUT2D eigenvalue weighted by Crippen LogP contribution is -2.28. The first-order valence-electron chi connectivity index (χ1n) is 4.15. The number of amides is 1. The summed E-state index contributed by atoms with van der Waals surface area (Å²) >= 11 is 0. The van der Waals surface area contributed by atoms with Crippen LogP contribution in [0.4, 0.5) is 4.79 Å². The fourth-order valence-electron chi connectivity index (χ4n) is 1.10. The van der Waals surface area contributed by atoms with Crippen molar-refractivity contribution in [3.8, 4) is 0 Å². The Balaban J connectivity index is 2.30. The summed E-state index contributed by atoms with van der Waals surface area (Å²) in [5.74, 6) is 0.584. The van der Waals surface area contributed by atoms with Crippen LogP contribution < -0.4 is 0 Å². The molecule has 1 amide bonds. The Morgan fingerprint density at radius 3 is 2.91 bits per heavy atom. The van der Waals surface area contributed by atoms with Crippen LogP contribution in [0.3, 0.4) is 0 Å². The summed E-state index contributed by atoms with van der Waals surface area (Å²) in [4.78, 5) is 12.7. The molecule has 0 saturated carbocycles. The van der Waals surface area contributed by atoms with E-state index < -0.39 is 0 Å². The predicted molar refractivity (Wildman–Crippen MR) is 42.4 cm³/mol. The minimum absolute atomic E-state index is 0.148. The van der Waals surface area contributed by atoms with E-state index in [2.05, 4.69) is 13.8 Å². The third-order valence-corrected chi connectivity index (χ3v) is 2.07. The van der Waals surface area contributed by atoms with Gasteiger partial charge >= 0.3 is 6.09 Å². The van der Waals surface area contributed by atoms with Crippen molar-refractivity contribution in [2.75, 3.05) is 19.7 Å². The second-order valence-corrected chi connectivity index (χ2v) is 3.07. The summed E-state index contributed by atoms with van der Waals surface area (Å²) in [6.45, 7) is 6.45. The molecule has 0 aromatic heterocycles. The smallest absolute Gasteiger partial charge is 0.409 e. The maximum Gasteiger partial charge on any atom is 0.409 e. The minimum atomic E-state index is -0.148. The zero-order valence-corrected chi connectivity index (χ0v) is 7.17. The normalized spacial score (nSPS) is 20.2. The van der Waals surface area contributed by atoms with Crippen LogP contribution in [0.5, 0.6) is 0 Å². The average Bonchev–Trinajstić information content (AvgIpc) is 2.37. The highest BCUT2D eigenvalue weighted by Gasteiger charge is 2.22. The number of rotatable bonds is 3. The van der Waals surface area contributed by atoms with Crippen molar-refractivity contribution >= 4 is 6.09 Å². The molecule has 1 saturated heterocycles. The van der Waals surface area contributed by atoms with Gasteiger partial charge in [0.2, 0.25) is 0 Å². The van der Waals surface area contributed by atoms with Crippen molar-refractivity contribution in [2.24, 2.45) is 5.92 Å². The van der Waals surface area contributed by atoms with E-state index in [4.69, 9.17) is 4.74 Å². The van der Waals surface area contributed by atoms with E-state index in [0.717, 1.165) is 19.5 Å². The van der Waals surface area contributed by atoms with E-state index in [1.807, 2.05) is 0 Å². The number of ether oxygens (including phenoxy) is 1. The molecule has 0 aliphatic carbocycles. The highest BCUT2D eigenvalue weighted by atomic mass is 16.6. The van der Waals surface area contributed by atoms with E-state index in [0.29, 0.717) is 12.5 Å². The second-order valence-electron chi connectivity index (χ2n) is 3.07. The van der Waals surface area contributed by atoms with Gasteiger partial charge in [0.1, 0.15) is 6.61 Å². The summed E-state index contributed by atoms with van der Waals surface area (Å²) < 4.78 is 4.80. The van der Waals surface area contributed by atoms with Crippen molar-refractivity contribution in [1.82, 2.24) is 4.90 Å². The van der Waals surface area contributed by atoms with Crippen molar-refractivity contribution in [1.29, 1.82) is 0 Å². The lowest BCUT2D eigenvalue weighted by Gasteiger charge is -2.16. The first kappa shape index (κ1) is 8.37.